The van der Waals surface area contributed by atoms with E-state index in [2.05, 4.69) is 0 Å². The predicted octanol–water partition coefficient (Wildman–Crippen LogP) is -3.77. The van der Waals surface area contributed by atoms with E-state index in [1.165, 1.54) is 0 Å². The molecule has 1 radical (unpaired) electrons. The van der Waals surface area contributed by atoms with E-state index in [0.717, 1.165) is 0 Å². The third-order valence-electron chi connectivity index (χ3n) is 3.43. The van der Waals surface area contributed by atoms with Crippen LogP contribution in [0.3, 0.4) is 0 Å². The molecular weight excluding hydrogens is 331 g/mol. The topological polar surface area (TPSA) is 161 Å². The Hall–Kier alpha value is -0.714. The maximum atomic E-state index is 10.3. The fourth-order valence-electron chi connectivity index (χ4n) is 1.09. The van der Waals surface area contributed by atoms with E-state index < -0.39 is 49.2 Å². The van der Waals surface area contributed by atoms with Crippen LogP contribution in [0.1, 0.15) is 26.7 Å². The van der Waals surface area contributed by atoms with E-state index in [9.17, 15) is 19.8 Å². The minimum absolute atomic E-state index is 0. The number of hydrogen-bond acceptors (Lipinski definition) is 8. The first-order valence-corrected chi connectivity index (χ1v) is 6.12. The maximum absolute atomic E-state index is 10.3. The molecule has 0 bridgehead atoms. The van der Waals surface area contributed by atoms with Crippen LogP contribution in [-0.2, 0) is 26.4 Å². The SMILES string of the molecule is CCC(CO)(CO)C(=O)[O-].CCC(CO)(CO)C(=O)[O-].[Co+2]. The Balaban J connectivity index is -0.000000295. The van der Waals surface area contributed by atoms with E-state index in [1.54, 1.807) is 13.8 Å². The molecule has 0 heterocycles. The molecule has 127 valence electrons. The molecule has 0 saturated heterocycles. The normalized spacial score (nSPS) is 11.0. The minimum atomic E-state index is -1.46. The molecule has 0 saturated carbocycles. The Kier molecular flexibility index (Phi) is 14.3. The largest absolute Gasteiger partial charge is 2.00 e. The third kappa shape index (κ3) is 6.72. The number of rotatable bonds is 8. The molecule has 0 aliphatic rings. The summed E-state index contributed by atoms with van der Waals surface area (Å²) < 4.78 is 0. The van der Waals surface area contributed by atoms with Gasteiger partial charge in [-0.2, -0.15) is 0 Å². The van der Waals surface area contributed by atoms with Gasteiger partial charge in [0.15, 0.2) is 0 Å². The van der Waals surface area contributed by atoms with Gasteiger partial charge < -0.3 is 40.2 Å². The van der Waals surface area contributed by atoms with E-state index in [-0.39, 0.29) is 29.6 Å². The van der Waals surface area contributed by atoms with Crippen LogP contribution in [0.4, 0.5) is 0 Å². The number of carbonyl (C=O) groups is 2. The van der Waals surface area contributed by atoms with Crippen molar-refractivity contribution in [3.63, 3.8) is 0 Å². The molecule has 4 N–H and O–H groups in total. The summed E-state index contributed by atoms with van der Waals surface area (Å²) >= 11 is 0. The number of carboxylic acids is 2. The van der Waals surface area contributed by atoms with Gasteiger partial charge in [-0.15, -0.1) is 0 Å². The Morgan fingerprint density at radius 2 is 0.952 bits per heavy atom. The van der Waals surface area contributed by atoms with Gasteiger partial charge in [0.25, 0.3) is 0 Å². The van der Waals surface area contributed by atoms with Gasteiger partial charge in [-0.25, -0.2) is 0 Å². The van der Waals surface area contributed by atoms with Crippen molar-refractivity contribution < 1.29 is 57.0 Å². The van der Waals surface area contributed by atoms with Crippen molar-refractivity contribution in [3.05, 3.63) is 0 Å². The Labute approximate surface area is 133 Å². The number of aliphatic hydroxyl groups is 4. The van der Waals surface area contributed by atoms with Crippen molar-refractivity contribution >= 4 is 11.9 Å². The molecule has 0 rings (SSSR count). The van der Waals surface area contributed by atoms with Crippen LogP contribution >= 0.6 is 0 Å². The summed E-state index contributed by atoms with van der Waals surface area (Å²) in [4.78, 5) is 20.6. The zero-order valence-electron chi connectivity index (χ0n) is 12.0. The van der Waals surface area contributed by atoms with Crippen molar-refractivity contribution in [1.29, 1.82) is 0 Å². The summed E-state index contributed by atoms with van der Waals surface area (Å²) in [5.41, 5.74) is -2.92. The number of carbonyl (C=O) groups excluding carboxylic acids is 2. The van der Waals surface area contributed by atoms with Crippen molar-refractivity contribution in [1.82, 2.24) is 0 Å². The molecule has 0 spiro atoms. The molecule has 0 aromatic carbocycles. The number of aliphatic hydroxyl groups excluding tert-OH is 4. The number of hydrogen-bond donors (Lipinski definition) is 4. The van der Waals surface area contributed by atoms with Crippen LogP contribution in [0.5, 0.6) is 0 Å². The first-order chi connectivity index (χ1) is 9.25. The summed E-state index contributed by atoms with van der Waals surface area (Å²) in [5.74, 6) is -2.81. The van der Waals surface area contributed by atoms with E-state index in [1.807, 2.05) is 0 Å². The van der Waals surface area contributed by atoms with Crippen molar-refractivity contribution in [2.24, 2.45) is 10.8 Å². The standard InChI is InChI=1S/2C6H12O4.Co/c2*1-2-6(3-7,4-8)5(9)10;/h2*7-8H,2-4H2,1H3,(H,9,10);/q;;+2/p-2. The number of carboxylic acid groups (broad SMARTS) is 2. The summed E-state index contributed by atoms with van der Waals surface area (Å²) in [6.45, 7) is 0.819. The minimum Gasteiger partial charge on any atom is -0.549 e. The summed E-state index contributed by atoms with van der Waals surface area (Å²) in [6.07, 6.45) is 0.338. The molecule has 8 nitrogen and oxygen atoms in total. The Bertz CT molecular complexity index is 253. The van der Waals surface area contributed by atoms with Gasteiger partial charge in [0.2, 0.25) is 0 Å². The van der Waals surface area contributed by atoms with Gasteiger partial charge in [-0.1, -0.05) is 13.8 Å². The van der Waals surface area contributed by atoms with E-state index in [0.29, 0.717) is 0 Å². The first-order valence-electron chi connectivity index (χ1n) is 6.12. The van der Waals surface area contributed by atoms with Crippen molar-refractivity contribution in [3.8, 4) is 0 Å². The summed E-state index contributed by atoms with van der Waals surface area (Å²) in [7, 11) is 0. The van der Waals surface area contributed by atoms with E-state index >= 15 is 0 Å². The predicted molar refractivity (Wildman–Crippen MR) is 63.8 cm³/mol. The molecule has 0 unspecified atom stereocenters. The smallest absolute Gasteiger partial charge is 0.549 e. The van der Waals surface area contributed by atoms with Gasteiger partial charge in [0, 0.05) is 0 Å². The molecule has 0 atom stereocenters. The monoisotopic (exact) mass is 353 g/mol. The van der Waals surface area contributed by atoms with Gasteiger partial charge in [0.1, 0.15) is 0 Å². The van der Waals surface area contributed by atoms with Crippen LogP contribution < -0.4 is 10.2 Å². The summed E-state index contributed by atoms with van der Waals surface area (Å²) in [5, 5.41) is 54.8. The molecule has 0 aliphatic heterocycles. The van der Waals surface area contributed by atoms with E-state index in [4.69, 9.17) is 20.4 Å². The van der Waals surface area contributed by atoms with Crippen LogP contribution in [0.2, 0.25) is 0 Å². The van der Waals surface area contributed by atoms with Crippen molar-refractivity contribution in [2.75, 3.05) is 26.4 Å². The van der Waals surface area contributed by atoms with Gasteiger partial charge in [-0.3, -0.25) is 0 Å². The zero-order chi connectivity index (χ0) is 16.4. The molecule has 0 fully saturated rings. The molecule has 0 aliphatic carbocycles. The van der Waals surface area contributed by atoms with Gasteiger partial charge in [0.05, 0.1) is 49.2 Å². The van der Waals surface area contributed by atoms with Crippen LogP contribution in [-0.4, -0.2) is 58.8 Å². The molecule has 0 aromatic heterocycles. The Morgan fingerprint density at radius 3 is 0.952 bits per heavy atom. The van der Waals surface area contributed by atoms with Crippen LogP contribution in [0, 0.1) is 10.8 Å². The molecule has 0 aromatic rings. The fraction of sp³-hybridized carbons (Fsp3) is 0.833. The molecular formula is C12H22CoO8. The Morgan fingerprint density at radius 1 is 0.762 bits per heavy atom. The van der Waals surface area contributed by atoms with Gasteiger partial charge >= 0.3 is 16.8 Å². The van der Waals surface area contributed by atoms with Crippen molar-refractivity contribution in [2.45, 2.75) is 26.7 Å². The molecule has 21 heavy (non-hydrogen) atoms. The first kappa shape index (κ1) is 25.3. The quantitative estimate of drug-likeness (QED) is 0.346. The molecule has 9 heteroatoms. The average Bonchev–Trinajstić information content (AvgIpc) is 2.44. The van der Waals surface area contributed by atoms with Crippen LogP contribution in [0.25, 0.3) is 0 Å². The summed E-state index contributed by atoms with van der Waals surface area (Å²) in [6, 6.07) is 0. The molecule has 0 amide bonds. The van der Waals surface area contributed by atoms with Gasteiger partial charge in [-0.05, 0) is 12.8 Å². The van der Waals surface area contributed by atoms with Crippen LogP contribution in [0.15, 0.2) is 0 Å². The third-order valence-corrected chi connectivity index (χ3v) is 3.43. The zero-order valence-corrected chi connectivity index (χ0v) is 13.0. The second-order valence-electron chi connectivity index (χ2n) is 4.48. The fourth-order valence-corrected chi connectivity index (χ4v) is 1.09. The second-order valence-corrected chi connectivity index (χ2v) is 4.48. The average molecular weight is 353 g/mol. The second kappa shape index (κ2) is 11.9. The number of aliphatic carboxylic acids is 2. The maximum Gasteiger partial charge on any atom is 2.00 e.